The summed E-state index contributed by atoms with van der Waals surface area (Å²) in [5.41, 5.74) is 1.37. The van der Waals surface area contributed by atoms with E-state index in [0.29, 0.717) is 12.1 Å². The van der Waals surface area contributed by atoms with Crippen LogP contribution in [0.1, 0.15) is 33.6 Å². The minimum Gasteiger partial charge on any atom is -0.382 e. The van der Waals surface area contributed by atoms with E-state index in [1.54, 1.807) is 7.11 Å². The second-order valence-corrected chi connectivity index (χ2v) is 3.76. The predicted octanol–water partition coefficient (Wildman–Crippen LogP) is 2.36. The van der Waals surface area contributed by atoms with Gasteiger partial charge in [-0.15, -0.1) is 0 Å². The molecular formula is C11H23NO. The monoisotopic (exact) mass is 185 g/mol. The van der Waals surface area contributed by atoms with Crippen LogP contribution < -0.4 is 5.32 Å². The van der Waals surface area contributed by atoms with Crippen LogP contribution in [-0.2, 0) is 4.74 Å². The van der Waals surface area contributed by atoms with Crippen LogP contribution in [0.3, 0.4) is 0 Å². The lowest BCUT2D eigenvalue weighted by Crippen LogP contribution is -2.24. The van der Waals surface area contributed by atoms with E-state index in [-0.39, 0.29) is 0 Å². The van der Waals surface area contributed by atoms with Gasteiger partial charge in [0.25, 0.3) is 0 Å². The molecule has 0 rings (SSSR count). The van der Waals surface area contributed by atoms with E-state index in [1.807, 2.05) is 7.05 Å². The van der Waals surface area contributed by atoms with Gasteiger partial charge in [0.2, 0.25) is 0 Å². The molecule has 0 radical (unpaired) electrons. The van der Waals surface area contributed by atoms with E-state index in [4.69, 9.17) is 4.74 Å². The predicted molar refractivity (Wildman–Crippen MR) is 58.0 cm³/mol. The van der Waals surface area contributed by atoms with Crippen LogP contribution in [0.5, 0.6) is 0 Å². The number of nitrogens with one attached hydrogen (secondary N) is 1. The fraction of sp³-hybridized carbons (Fsp3) is 0.818. The molecule has 0 saturated heterocycles. The molecule has 0 fully saturated rings. The van der Waals surface area contributed by atoms with Gasteiger partial charge in [-0.25, -0.2) is 0 Å². The van der Waals surface area contributed by atoms with Crippen molar-refractivity contribution in [1.82, 2.24) is 5.32 Å². The lowest BCUT2D eigenvalue weighted by Gasteiger charge is -2.15. The van der Waals surface area contributed by atoms with Gasteiger partial charge in [0.15, 0.2) is 0 Å². The van der Waals surface area contributed by atoms with Crippen LogP contribution in [-0.4, -0.2) is 26.3 Å². The molecule has 0 aliphatic rings. The highest BCUT2D eigenvalue weighted by Gasteiger charge is 2.05. The summed E-state index contributed by atoms with van der Waals surface area (Å²) in [4.78, 5) is 0. The Morgan fingerprint density at radius 3 is 2.38 bits per heavy atom. The van der Waals surface area contributed by atoms with Crippen LogP contribution in [0.4, 0.5) is 0 Å². The summed E-state index contributed by atoms with van der Waals surface area (Å²) >= 11 is 0. The first-order valence-electron chi connectivity index (χ1n) is 4.95. The third kappa shape index (κ3) is 6.79. The van der Waals surface area contributed by atoms with Crippen molar-refractivity contribution in [2.24, 2.45) is 0 Å². The molecule has 0 aliphatic heterocycles. The molecule has 0 saturated carbocycles. The summed E-state index contributed by atoms with van der Waals surface area (Å²) in [5, 5.41) is 3.28. The van der Waals surface area contributed by atoms with Crippen molar-refractivity contribution in [1.29, 1.82) is 0 Å². The molecule has 2 heteroatoms. The molecule has 2 nitrogen and oxygen atoms in total. The normalized spacial score (nSPS) is 15.2. The van der Waals surface area contributed by atoms with E-state index >= 15 is 0 Å². The zero-order chi connectivity index (χ0) is 10.3. The average molecular weight is 185 g/mol. The van der Waals surface area contributed by atoms with Crippen molar-refractivity contribution in [3.05, 3.63) is 11.6 Å². The van der Waals surface area contributed by atoms with Gasteiger partial charge in [-0.3, -0.25) is 0 Å². The number of methoxy groups -OCH3 is 1. The van der Waals surface area contributed by atoms with E-state index in [9.17, 15) is 0 Å². The number of rotatable bonds is 6. The summed E-state index contributed by atoms with van der Waals surface area (Å²) < 4.78 is 5.20. The third-order valence-electron chi connectivity index (χ3n) is 2.19. The minimum atomic E-state index is 0.362. The van der Waals surface area contributed by atoms with E-state index in [0.717, 1.165) is 12.8 Å². The Kier molecular flexibility index (Phi) is 6.92. The Balaban J connectivity index is 3.79. The lowest BCUT2D eigenvalue weighted by molar-refractivity contribution is 0.107. The second-order valence-electron chi connectivity index (χ2n) is 3.76. The molecule has 0 amide bonds. The van der Waals surface area contributed by atoms with Crippen molar-refractivity contribution in [3.63, 3.8) is 0 Å². The van der Waals surface area contributed by atoms with Gasteiger partial charge in [0, 0.05) is 13.2 Å². The number of ether oxygens (including phenoxy) is 1. The maximum absolute atomic E-state index is 5.20. The SMILES string of the molecule is CNC(C=C(C)C)CCC(C)OC. The van der Waals surface area contributed by atoms with Crippen LogP contribution in [0.15, 0.2) is 11.6 Å². The molecule has 1 N–H and O–H groups in total. The Bertz CT molecular complexity index is 150. The van der Waals surface area contributed by atoms with Gasteiger partial charge >= 0.3 is 0 Å². The van der Waals surface area contributed by atoms with Gasteiger partial charge in [-0.05, 0) is 40.7 Å². The molecular weight excluding hydrogens is 162 g/mol. The Hall–Kier alpha value is -0.340. The molecule has 0 heterocycles. The smallest absolute Gasteiger partial charge is 0.0543 e. The Morgan fingerprint density at radius 2 is 2.00 bits per heavy atom. The topological polar surface area (TPSA) is 21.3 Å². The molecule has 78 valence electrons. The molecule has 0 bridgehead atoms. The molecule has 0 aromatic rings. The Morgan fingerprint density at radius 1 is 1.38 bits per heavy atom. The fourth-order valence-corrected chi connectivity index (χ4v) is 1.25. The Labute approximate surface area is 82.4 Å². The van der Waals surface area contributed by atoms with Crippen LogP contribution in [0.2, 0.25) is 0 Å². The van der Waals surface area contributed by atoms with E-state index in [1.165, 1.54) is 5.57 Å². The zero-order valence-electron chi connectivity index (χ0n) is 9.55. The maximum atomic E-state index is 5.20. The van der Waals surface area contributed by atoms with Gasteiger partial charge in [-0.2, -0.15) is 0 Å². The van der Waals surface area contributed by atoms with Gasteiger partial charge in [-0.1, -0.05) is 11.6 Å². The first kappa shape index (κ1) is 12.7. The standard InChI is InChI=1S/C11H23NO/c1-9(2)8-11(12-4)7-6-10(3)13-5/h8,10-12H,6-7H2,1-5H3. The quantitative estimate of drug-likeness (QED) is 0.641. The van der Waals surface area contributed by atoms with Crippen LogP contribution >= 0.6 is 0 Å². The van der Waals surface area contributed by atoms with Crippen LogP contribution in [0, 0.1) is 0 Å². The summed E-state index contributed by atoms with van der Waals surface area (Å²) in [7, 11) is 3.77. The highest BCUT2D eigenvalue weighted by molar-refractivity contribution is 5.00. The first-order chi connectivity index (χ1) is 6.10. The van der Waals surface area contributed by atoms with E-state index in [2.05, 4.69) is 32.2 Å². The molecule has 13 heavy (non-hydrogen) atoms. The summed E-state index contributed by atoms with van der Waals surface area (Å²) in [6.45, 7) is 6.36. The summed E-state index contributed by atoms with van der Waals surface area (Å²) in [6.07, 6.45) is 4.87. The van der Waals surface area contributed by atoms with Gasteiger partial charge < -0.3 is 10.1 Å². The lowest BCUT2D eigenvalue weighted by atomic mass is 10.1. The summed E-state index contributed by atoms with van der Waals surface area (Å²) in [5.74, 6) is 0. The molecule has 0 aromatic carbocycles. The third-order valence-corrected chi connectivity index (χ3v) is 2.19. The van der Waals surface area contributed by atoms with Crippen LogP contribution in [0.25, 0.3) is 0 Å². The fourth-order valence-electron chi connectivity index (χ4n) is 1.25. The number of allylic oxidation sites excluding steroid dienone is 1. The highest BCUT2D eigenvalue weighted by atomic mass is 16.5. The van der Waals surface area contributed by atoms with Crippen molar-refractivity contribution >= 4 is 0 Å². The second kappa shape index (κ2) is 7.10. The van der Waals surface area contributed by atoms with Gasteiger partial charge in [0.05, 0.1) is 6.10 Å². The molecule has 2 atom stereocenters. The minimum absolute atomic E-state index is 0.362. The number of likely N-dealkylation sites (N-methyl/N-ethyl adjacent to an activating group) is 1. The molecule has 2 unspecified atom stereocenters. The number of hydrogen-bond acceptors (Lipinski definition) is 2. The van der Waals surface area contributed by atoms with Crippen molar-refractivity contribution in [2.75, 3.05) is 14.2 Å². The van der Waals surface area contributed by atoms with Gasteiger partial charge in [0.1, 0.15) is 0 Å². The van der Waals surface area contributed by atoms with Crippen molar-refractivity contribution < 1.29 is 4.74 Å². The average Bonchev–Trinajstić information content (AvgIpc) is 2.10. The highest BCUT2D eigenvalue weighted by Crippen LogP contribution is 2.06. The molecule has 0 aliphatic carbocycles. The molecule has 0 aromatic heterocycles. The zero-order valence-corrected chi connectivity index (χ0v) is 9.55. The summed E-state index contributed by atoms with van der Waals surface area (Å²) in [6, 6.07) is 0.489. The number of hydrogen-bond donors (Lipinski definition) is 1. The van der Waals surface area contributed by atoms with Crippen molar-refractivity contribution in [3.8, 4) is 0 Å². The largest absolute Gasteiger partial charge is 0.382 e. The maximum Gasteiger partial charge on any atom is 0.0543 e. The van der Waals surface area contributed by atoms with Crippen molar-refractivity contribution in [2.45, 2.75) is 45.8 Å². The van der Waals surface area contributed by atoms with E-state index < -0.39 is 0 Å². The molecule has 0 spiro atoms. The first-order valence-corrected chi connectivity index (χ1v) is 4.95.